The van der Waals surface area contributed by atoms with Crippen molar-refractivity contribution in [3.63, 3.8) is 0 Å². The highest BCUT2D eigenvalue weighted by atomic mass is 79.9. The topological polar surface area (TPSA) is 32.3 Å². The zero-order valence-electron chi connectivity index (χ0n) is 11.1. The molecule has 0 radical (unpaired) electrons. The molecule has 0 bridgehead atoms. The molecule has 19 heavy (non-hydrogen) atoms. The second-order valence-electron chi connectivity index (χ2n) is 5.14. The third-order valence-corrected chi connectivity index (χ3v) is 4.22. The first-order valence-corrected chi connectivity index (χ1v) is 7.70. The van der Waals surface area contributed by atoms with Gasteiger partial charge < -0.3 is 0 Å². The minimum atomic E-state index is -0.108. The lowest BCUT2D eigenvalue weighted by molar-refractivity contribution is 0.0370. The van der Waals surface area contributed by atoms with E-state index in [1.165, 1.54) is 6.42 Å². The van der Waals surface area contributed by atoms with Crippen LogP contribution in [0.3, 0.4) is 0 Å². The van der Waals surface area contributed by atoms with Crippen LogP contribution < -0.4 is 5.43 Å². The molecule has 2 atom stereocenters. The summed E-state index contributed by atoms with van der Waals surface area (Å²) in [5.41, 5.74) is 3.58. The van der Waals surface area contributed by atoms with Crippen LogP contribution >= 0.6 is 27.5 Å². The summed E-state index contributed by atoms with van der Waals surface area (Å²) in [7, 11) is 0. The summed E-state index contributed by atoms with van der Waals surface area (Å²) in [6.45, 7) is 4.29. The van der Waals surface area contributed by atoms with Crippen molar-refractivity contribution in [1.29, 1.82) is 0 Å². The van der Waals surface area contributed by atoms with Crippen LogP contribution in [-0.4, -0.2) is 23.0 Å². The number of nitrogens with zero attached hydrogens (tertiary/aromatic N) is 1. The van der Waals surface area contributed by atoms with Crippen LogP contribution in [0, 0.1) is 0 Å². The van der Waals surface area contributed by atoms with Crippen LogP contribution in [0.25, 0.3) is 0 Å². The van der Waals surface area contributed by atoms with Crippen molar-refractivity contribution in [3.05, 3.63) is 33.3 Å². The van der Waals surface area contributed by atoms with E-state index in [1.807, 2.05) is 0 Å². The number of rotatable bonds is 2. The minimum absolute atomic E-state index is 0.108. The lowest BCUT2D eigenvalue weighted by atomic mass is 10.00. The lowest BCUT2D eigenvalue weighted by Crippen LogP contribution is -2.54. The number of benzene rings is 1. The third-order valence-electron chi connectivity index (χ3n) is 3.55. The molecule has 3 nitrogen and oxygen atoms in total. The molecule has 5 heteroatoms. The highest BCUT2D eigenvalue weighted by Crippen LogP contribution is 2.22. The fraction of sp³-hybridized carbons (Fsp3) is 0.500. The summed E-state index contributed by atoms with van der Waals surface area (Å²) >= 11 is 9.32. The first-order valence-electron chi connectivity index (χ1n) is 6.53. The first-order chi connectivity index (χ1) is 8.97. The molecule has 104 valence electrons. The van der Waals surface area contributed by atoms with Gasteiger partial charge in [-0.15, -0.1) is 0 Å². The summed E-state index contributed by atoms with van der Waals surface area (Å²) in [6, 6.07) is 5.97. The maximum Gasteiger partial charge on any atom is 0.265 e. The molecule has 1 N–H and O–H groups in total. The molecule has 1 saturated heterocycles. The molecule has 1 aromatic rings. The molecule has 1 heterocycles. The Morgan fingerprint density at radius 1 is 1.32 bits per heavy atom. The summed E-state index contributed by atoms with van der Waals surface area (Å²) in [6.07, 6.45) is 3.45. The molecule has 0 aliphatic carbocycles. The van der Waals surface area contributed by atoms with Crippen molar-refractivity contribution in [2.24, 2.45) is 0 Å². The van der Waals surface area contributed by atoms with Crippen LogP contribution in [0.4, 0.5) is 0 Å². The van der Waals surface area contributed by atoms with E-state index >= 15 is 0 Å². The third kappa shape index (κ3) is 3.71. The second-order valence-corrected chi connectivity index (χ2v) is 6.49. The molecule has 1 aliphatic rings. The van der Waals surface area contributed by atoms with E-state index < -0.39 is 0 Å². The molecular weight excluding hydrogens is 328 g/mol. The average molecular weight is 346 g/mol. The van der Waals surface area contributed by atoms with Crippen LogP contribution in [-0.2, 0) is 0 Å². The Bertz CT molecular complexity index is 450. The number of hydrazine groups is 1. The predicted molar refractivity (Wildman–Crippen MR) is 81.2 cm³/mol. The van der Waals surface area contributed by atoms with Gasteiger partial charge in [0, 0.05) is 27.1 Å². The van der Waals surface area contributed by atoms with Gasteiger partial charge in [-0.25, -0.2) is 5.01 Å². The van der Waals surface area contributed by atoms with Crippen LogP contribution in [0.2, 0.25) is 5.02 Å². The molecule has 1 amide bonds. The summed E-state index contributed by atoms with van der Waals surface area (Å²) < 4.78 is 0.810. The number of piperidine rings is 1. The molecule has 0 aromatic heterocycles. The Kier molecular flexibility index (Phi) is 4.87. The number of halogens is 2. The Morgan fingerprint density at radius 2 is 1.95 bits per heavy atom. The van der Waals surface area contributed by atoms with Gasteiger partial charge in [0.15, 0.2) is 0 Å². The van der Waals surface area contributed by atoms with Crippen LogP contribution in [0.1, 0.15) is 43.5 Å². The molecule has 1 aromatic carbocycles. The Morgan fingerprint density at radius 3 is 2.53 bits per heavy atom. The van der Waals surface area contributed by atoms with Gasteiger partial charge in [-0.1, -0.05) is 34.0 Å². The zero-order chi connectivity index (χ0) is 14.0. The monoisotopic (exact) mass is 344 g/mol. The highest BCUT2D eigenvalue weighted by molar-refractivity contribution is 9.10. The fourth-order valence-corrected chi connectivity index (χ4v) is 3.37. The van der Waals surface area contributed by atoms with Crippen molar-refractivity contribution in [2.75, 3.05) is 0 Å². The van der Waals surface area contributed by atoms with E-state index in [1.54, 1.807) is 18.2 Å². The van der Waals surface area contributed by atoms with E-state index in [0.29, 0.717) is 22.7 Å². The standard InChI is InChI=1S/C14H18BrClN2O/c1-9-4-3-5-10(2)18(9)17-14(19)11-6-12(15)8-13(16)7-11/h6-10H,3-5H2,1-2H3,(H,17,19). The van der Waals surface area contributed by atoms with Crippen molar-refractivity contribution in [3.8, 4) is 0 Å². The first kappa shape index (κ1) is 14.8. The van der Waals surface area contributed by atoms with Crippen molar-refractivity contribution >= 4 is 33.4 Å². The quantitative estimate of drug-likeness (QED) is 0.878. The van der Waals surface area contributed by atoms with Gasteiger partial charge in [-0.3, -0.25) is 10.2 Å². The molecule has 1 aliphatic heterocycles. The van der Waals surface area contributed by atoms with Gasteiger partial charge in [-0.2, -0.15) is 0 Å². The molecule has 0 spiro atoms. The number of amides is 1. The van der Waals surface area contributed by atoms with Gasteiger partial charge in [-0.05, 0) is 44.9 Å². The molecule has 2 unspecified atom stereocenters. The summed E-state index contributed by atoms with van der Waals surface area (Å²) in [4.78, 5) is 12.3. The lowest BCUT2D eigenvalue weighted by Gasteiger charge is -2.38. The Balaban J connectivity index is 2.11. The highest BCUT2D eigenvalue weighted by Gasteiger charge is 2.26. The van der Waals surface area contributed by atoms with E-state index in [-0.39, 0.29) is 5.91 Å². The number of carbonyl (C=O) groups excluding carboxylic acids is 1. The van der Waals surface area contributed by atoms with E-state index in [2.05, 4.69) is 40.2 Å². The van der Waals surface area contributed by atoms with Gasteiger partial charge in [0.2, 0.25) is 0 Å². The average Bonchev–Trinajstić information content (AvgIpc) is 2.32. The van der Waals surface area contributed by atoms with Crippen LogP contribution in [0.5, 0.6) is 0 Å². The van der Waals surface area contributed by atoms with Crippen LogP contribution in [0.15, 0.2) is 22.7 Å². The number of hydrogen-bond acceptors (Lipinski definition) is 2. The van der Waals surface area contributed by atoms with Gasteiger partial charge in [0.1, 0.15) is 0 Å². The second kappa shape index (κ2) is 6.25. The maximum atomic E-state index is 12.3. The van der Waals surface area contributed by atoms with Gasteiger partial charge >= 0.3 is 0 Å². The smallest absolute Gasteiger partial charge is 0.265 e. The number of hydrogen-bond donors (Lipinski definition) is 1. The molecular formula is C14H18BrClN2O. The van der Waals surface area contributed by atoms with E-state index in [4.69, 9.17) is 11.6 Å². The summed E-state index contributed by atoms with van der Waals surface area (Å²) in [5, 5.41) is 2.61. The minimum Gasteiger partial charge on any atom is -0.284 e. The van der Waals surface area contributed by atoms with Crippen molar-refractivity contribution in [2.45, 2.75) is 45.2 Å². The maximum absolute atomic E-state index is 12.3. The fourth-order valence-electron chi connectivity index (χ4n) is 2.51. The van der Waals surface area contributed by atoms with Gasteiger partial charge in [0.05, 0.1) is 0 Å². The van der Waals surface area contributed by atoms with Crippen molar-refractivity contribution < 1.29 is 4.79 Å². The van der Waals surface area contributed by atoms with E-state index in [0.717, 1.165) is 17.3 Å². The summed E-state index contributed by atoms with van der Waals surface area (Å²) in [5.74, 6) is -0.108. The Hall–Kier alpha value is -0.580. The van der Waals surface area contributed by atoms with Gasteiger partial charge in [0.25, 0.3) is 5.91 Å². The normalized spacial score (nSPS) is 24.2. The number of carbonyl (C=O) groups is 1. The SMILES string of the molecule is CC1CCCC(C)N1NC(=O)c1cc(Cl)cc(Br)c1. The molecule has 1 fully saturated rings. The molecule has 0 saturated carbocycles. The Labute approximate surface area is 127 Å². The zero-order valence-corrected chi connectivity index (χ0v) is 13.5. The van der Waals surface area contributed by atoms with E-state index in [9.17, 15) is 4.79 Å². The molecule has 2 rings (SSSR count). The predicted octanol–water partition coefficient (Wildman–Crippen LogP) is 4.01. The number of nitrogens with one attached hydrogen (secondary N) is 1. The largest absolute Gasteiger partial charge is 0.284 e. The van der Waals surface area contributed by atoms with Crippen molar-refractivity contribution in [1.82, 2.24) is 10.4 Å².